The van der Waals surface area contributed by atoms with Crippen LogP contribution in [0.2, 0.25) is 0 Å². The second-order valence-corrected chi connectivity index (χ2v) is 5.46. The van der Waals surface area contributed by atoms with Crippen LogP contribution < -0.4 is 0 Å². The molecule has 0 aromatic heterocycles. The lowest BCUT2D eigenvalue weighted by Crippen LogP contribution is -2.19. The van der Waals surface area contributed by atoms with Crippen molar-refractivity contribution in [2.75, 3.05) is 6.61 Å². The summed E-state index contributed by atoms with van der Waals surface area (Å²) in [5, 5.41) is 9.36. The molecule has 1 fully saturated rings. The molecule has 1 N–H and O–H groups in total. The molecule has 0 saturated carbocycles. The van der Waals surface area contributed by atoms with E-state index in [4.69, 9.17) is 4.74 Å². The predicted molar refractivity (Wildman–Crippen MR) is 69.9 cm³/mol. The number of allylic oxidation sites excluding steroid dienone is 2. The topological polar surface area (TPSA) is 46.5 Å². The Bertz CT molecular complexity index is 381. The number of carbonyl (C=O) groups excluding carboxylic acids is 1. The van der Waals surface area contributed by atoms with Crippen LogP contribution in [0.25, 0.3) is 0 Å². The molecule has 0 bridgehead atoms. The minimum Gasteiger partial charge on any atom is -0.458 e. The molecule has 3 unspecified atom stereocenters. The van der Waals surface area contributed by atoms with Gasteiger partial charge in [0.05, 0.1) is 12.5 Å². The smallest absolute Gasteiger partial charge is 0.309 e. The first-order valence-electron chi connectivity index (χ1n) is 6.78. The maximum Gasteiger partial charge on any atom is 0.309 e. The van der Waals surface area contributed by atoms with Gasteiger partial charge in [0.25, 0.3) is 0 Å². The fourth-order valence-corrected chi connectivity index (χ4v) is 2.81. The van der Waals surface area contributed by atoms with Crippen LogP contribution in [0.1, 0.15) is 39.5 Å². The summed E-state index contributed by atoms with van der Waals surface area (Å²) in [6.07, 6.45) is 7.90. The average Bonchev–Trinajstić information content (AvgIpc) is 2.61. The van der Waals surface area contributed by atoms with Crippen LogP contribution in [-0.2, 0) is 9.53 Å². The standard InChI is InChI=1S/C15H22O3/c1-10-4-3-5-12(9-16)8-14-13(7-6-10)11(2)15(17)18-14/h4,8,11,13-14,16H,3,5-7,9H2,1-2H3. The molecule has 1 heterocycles. The zero-order chi connectivity index (χ0) is 13.1. The van der Waals surface area contributed by atoms with Crippen LogP contribution in [0.15, 0.2) is 23.3 Å². The van der Waals surface area contributed by atoms with Crippen molar-refractivity contribution in [3.63, 3.8) is 0 Å². The van der Waals surface area contributed by atoms with Gasteiger partial charge in [-0.3, -0.25) is 4.79 Å². The van der Waals surface area contributed by atoms with E-state index in [2.05, 4.69) is 13.0 Å². The predicted octanol–water partition coefficient (Wildman–Crippen LogP) is 2.60. The van der Waals surface area contributed by atoms with Gasteiger partial charge < -0.3 is 9.84 Å². The van der Waals surface area contributed by atoms with E-state index < -0.39 is 0 Å². The first kappa shape index (κ1) is 13.3. The van der Waals surface area contributed by atoms with E-state index in [9.17, 15) is 9.90 Å². The van der Waals surface area contributed by atoms with Crippen molar-refractivity contribution in [2.45, 2.75) is 45.6 Å². The number of fused-ring (bicyclic) bond motifs is 1. The van der Waals surface area contributed by atoms with Crippen LogP contribution in [0.4, 0.5) is 0 Å². The number of rotatable bonds is 1. The Morgan fingerprint density at radius 3 is 2.94 bits per heavy atom. The molecule has 100 valence electrons. The summed E-state index contributed by atoms with van der Waals surface area (Å²) in [6, 6.07) is 0. The molecule has 1 aliphatic carbocycles. The Labute approximate surface area is 109 Å². The molecule has 18 heavy (non-hydrogen) atoms. The lowest BCUT2D eigenvalue weighted by Gasteiger charge is -2.19. The molecule has 3 heteroatoms. The Kier molecular flexibility index (Phi) is 4.23. The SMILES string of the molecule is CC1=CCCC(CO)=CC2OC(=O)C(C)C2CC1. The highest BCUT2D eigenvalue weighted by Gasteiger charge is 2.40. The lowest BCUT2D eigenvalue weighted by atomic mass is 9.85. The number of hydrogen-bond acceptors (Lipinski definition) is 3. The van der Waals surface area contributed by atoms with Crippen molar-refractivity contribution < 1.29 is 14.6 Å². The van der Waals surface area contributed by atoms with E-state index in [1.807, 2.05) is 13.0 Å². The van der Waals surface area contributed by atoms with E-state index in [0.29, 0.717) is 0 Å². The van der Waals surface area contributed by atoms with E-state index >= 15 is 0 Å². The molecule has 0 aromatic rings. The molecule has 1 aliphatic heterocycles. The summed E-state index contributed by atoms with van der Waals surface area (Å²) in [6.45, 7) is 4.15. The van der Waals surface area contributed by atoms with Gasteiger partial charge in [-0.2, -0.15) is 0 Å². The minimum atomic E-state index is -0.138. The average molecular weight is 250 g/mol. The summed E-state index contributed by atoms with van der Waals surface area (Å²) < 4.78 is 5.43. The van der Waals surface area contributed by atoms with Crippen molar-refractivity contribution in [3.05, 3.63) is 23.3 Å². The second kappa shape index (κ2) is 5.70. The van der Waals surface area contributed by atoms with Crippen molar-refractivity contribution in [3.8, 4) is 0 Å². The van der Waals surface area contributed by atoms with Gasteiger partial charge in [-0.15, -0.1) is 0 Å². The molecule has 1 saturated heterocycles. The lowest BCUT2D eigenvalue weighted by molar-refractivity contribution is -0.142. The number of aliphatic hydroxyl groups is 1. The molecular weight excluding hydrogens is 228 g/mol. The molecule has 2 aliphatic rings. The minimum absolute atomic E-state index is 0.0292. The van der Waals surface area contributed by atoms with Crippen molar-refractivity contribution in [1.82, 2.24) is 0 Å². The molecule has 0 amide bonds. The highest BCUT2D eigenvalue weighted by molar-refractivity contribution is 5.75. The highest BCUT2D eigenvalue weighted by atomic mass is 16.6. The number of esters is 1. The second-order valence-electron chi connectivity index (χ2n) is 5.46. The van der Waals surface area contributed by atoms with Crippen molar-refractivity contribution >= 4 is 5.97 Å². The number of ether oxygens (including phenoxy) is 1. The maximum absolute atomic E-state index is 11.7. The highest BCUT2D eigenvalue weighted by Crippen LogP contribution is 2.35. The molecule has 0 spiro atoms. The fourth-order valence-electron chi connectivity index (χ4n) is 2.81. The maximum atomic E-state index is 11.7. The van der Waals surface area contributed by atoms with Gasteiger partial charge in [0.15, 0.2) is 0 Å². The zero-order valence-electron chi connectivity index (χ0n) is 11.2. The first-order chi connectivity index (χ1) is 8.61. The Balaban J connectivity index is 2.23. The van der Waals surface area contributed by atoms with Crippen LogP contribution in [-0.4, -0.2) is 23.8 Å². The Morgan fingerprint density at radius 2 is 2.22 bits per heavy atom. The largest absolute Gasteiger partial charge is 0.458 e. The number of aliphatic hydroxyl groups excluding tert-OH is 1. The summed E-state index contributed by atoms with van der Waals surface area (Å²) in [4.78, 5) is 11.7. The van der Waals surface area contributed by atoms with E-state index in [-0.39, 0.29) is 30.5 Å². The van der Waals surface area contributed by atoms with Crippen LogP contribution in [0.3, 0.4) is 0 Å². The van der Waals surface area contributed by atoms with Gasteiger partial charge >= 0.3 is 5.97 Å². The van der Waals surface area contributed by atoms with E-state index in [1.54, 1.807) is 0 Å². The first-order valence-corrected chi connectivity index (χ1v) is 6.78. The van der Waals surface area contributed by atoms with Gasteiger partial charge in [-0.05, 0) is 44.3 Å². The zero-order valence-corrected chi connectivity index (χ0v) is 11.2. The van der Waals surface area contributed by atoms with Crippen LogP contribution in [0.5, 0.6) is 0 Å². The normalized spacial score (nSPS) is 33.3. The fraction of sp³-hybridized carbons (Fsp3) is 0.667. The molecule has 3 atom stereocenters. The molecular formula is C15H22O3. The number of carbonyl (C=O) groups is 1. The molecule has 3 nitrogen and oxygen atoms in total. The van der Waals surface area contributed by atoms with Gasteiger partial charge in [0, 0.05) is 5.92 Å². The van der Waals surface area contributed by atoms with E-state index in [1.165, 1.54) is 5.57 Å². The van der Waals surface area contributed by atoms with Crippen molar-refractivity contribution in [2.24, 2.45) is 11.8 Å². The van der Waals surface area contributed by atoms with Gasteiger partial charge in [-0.1, -0.05) is 18.6 Å². The van der Waals surface area contributed by atoms with Crippen LogP contribution in [0, 0.1) is 11.8 Å². The third kappa shape index (κ3) is 2.83. The summed E-state index contributed by atoms with van der Waals surface area (Å²) in [7, 11) is 0. The quantitative estimate of drug-likeness (QED) is 0.575. The third-order valence-electron chi connectivity index (χ3n) is 4.12. The molecule has 2 rings (SSSR count). The summed E-state index contributed by atoms with van der Waals surface area (Å²) in [5.74, 6) is 0.123. The monoisotopic (exact) mass is 250 g/mol. The third-order valence-corrected chi connectivity index (χ3v) is 4.12. The van der Waals surface area contributed by atoms with Gasteiger partial charge in [0.2, 0.25) is 0 Å². The Morgan fingerprint density at radius 1 is 1.44 bits per heavy atom. The van der Waals surface area contributed by atoms with Gasteiger partial charge in [-0.25, -0.2) is 0 Å². The number of hydrogen-bond donors (Lipinski definition) is 1. The molecule has 0 radical (unpaired) electrons. The summed E-state index contributed by atoms with van der Waals surface area (Å²) in [5.41, 5.74) is 2.36. The molecule has 0 aromatic carbocycles. The van der Waals surface area contributed by atoms with Gasteiger partial charge in [0.1, 0.15) is 6.10 Å². The van der Waals surface area contributed by atoms with E-state index in [0.717, 1.165) is 31.3 Å². The Hall–Kier alpha value is -1.09. The van der Waals surface area contributed by atoms with Crippen molar-refractivity contribution in [1.29, 1.82) is 0 Å². The van der Waals surface area contributed by atoms with Crippen LogP contribution >= 0.6 is 0 Å². The summed E-state index contributed by atoms with van der Waals surface area (Å²) >= 11 is 0.